The van der Waals surface area contributed by atoms with Gasteiger partial charge in [0.2, 0.25) is 5.91 Å². The third-order valence-electron chi connectivity index (χ3n) is 3.07. The molecule has 2 heterocycles. The Morgan fingerprint density at radius 3 is 2.75 bits per heavy atom. The van der Waals surface area contributed by atoms with Gasteiger partial charge in [0, 0.05) is 26.7 Å². The van der Waals surface area contributed by atoms with Gasteiger partial charge in [0.25, 0.3) is 0 Å². The predicted octanol–water partition coefficient (Wildman–Crippen LogP) is 0.0241. The molecule has 16 heavy (non-hydrogen) atoms. The maximum atomic E-state index is 11.5. The van der Waals surface area contributed by atoms with Gasteiger partial charge in [0.1, 0.15) is 0 Å². The molecule has 1 N–H and O–H groups in total. The van der Waals surface area contributed by atoms with Gasteiger partial charge in [-0.3, -0.25) is 14.3 Å². The van der Waals surface area contributed by atoms with E-state index in [1.165, 1.54) is 4.90 Å². The summed E-state index contributed by atoms with van der Waals surface area (Å²) in [5, 5.41) is 13.1. The van der Waals surface area contributed by atoms with Gasteiger partial charge < -0.3 is 10.0 Å². The number of likely N-dealkylation sites (tertiary alicyclic amines) is 1. The molecule has 0 bridgehead atoms. The van der Waals surface area contributed by atoms with Crippen LogP contribution in [-0.4, -0.2) is 38.7 Å². The van der Waals surface area contributed by atoms with Crippen LogP contribution < -0.4 is 0 Å². The van der Waals surface area contributed by atoms with E-state index < -0.39 is 17.9 Å². The molecule has 0 unspecified atom stereocenters. The topological polar surface area (TPSA) is 75.4 Å². The van der Waals surface area contributed by atoms with E-state index in [2.05, 4.69) is 5.10 Å². The Hall–Kier alpha value is -1.85. The molecule has 2 atom stereocenters. The van der Waals surface area contributed by atoms with Crippen LogP contribution in [0.5, 0.6) is 0 Å². The first-order valence-corrected chi connectivity index (χ1v) is 4.98. The van der Waals surface area contributed by atoms with Crippen molar-refractivity contribution in [2.24, 2.45) is 13.0 Å². The molecule has 1 amide bonds. The molecule has 1 aromatic heterocycles. The highest BCUT2D eigenvalue weighted by atomic mass is 16.4. The van der Waals surface area contributed by atoms with Crippen LogP contribution >= 0.6 is 0 Å². The average molecular weight is 223 g/mol. The van der Waals surface area contributed by atoms with Crippen LogP contribution in [0.25, 0.3) is 0 Å². The van der Waals surface area contributed by atoms with Crippen molar-refractivity contribution in [2.75, 3.05) is 7.05 Å². The zero-order valence-corrected chi connectivity index (χ0v) is 9.12. The van der Waals surface area contributed by atoms with Gasteiger partial charge in [-0.2, -0.15) is 5.10 Å². The second-order valence-corrected chi connectivity index (χ2v) is 3.98. The molecular weight excluding hydrogens is 210 g/mol. The second-order valence-electron chi connectivity index (χ2n) is 3.98. The summed E-state index contributed by atoms with van der Waals surface area (Å²) in [6, 6.07) is 1.33. The molecule has 86 valence electrons. The third kappa shape index (κ3) is 1.46. The smallest absolute Gasteiger partial charge is 0.309 e. The maximum Gasteiger partial charge on any atom is 0.309 e. The number of aryl methyl sites for hydroxylation is 1. The lowest BCUT2D eigenvalue weighted by Crippen LogP contribution is -2.28. The summed E-state index contributed by atoms with van der Waals surface area (Å²) in [6.07, 6.45) is 1.66. The largest absolute Gasteiger partial charge is 0.481 e. The van der Waals surface area contributed by atoms with Crippen LogP contribution in [0.3, 0.4) is 0 Å². The summed E-state index contributed by atoms with van der Waals surface area (Å²) < 4.78 is 1.61. The lowest BCUT2D eigenvalue weighted by atomic mass is 9.98. The quantitative estimate of drug-likeness (QED) is 0.767. The van der Waals surface area contributed by atoms with Crippen LogP contribution in [0.2, 0.25) is 0 Å². The Labute approximate surface area is 92.5 Å². The molecule has 6 heteroatoms. The van der Waals surface area contributed by atoms with Gasteiger partial charge in [-0.1, -0.05) is 0 Å². The van der Waals surface area contributed by atoms with Crippen LogP contribution in [0.1, 0.15) is 18.2 Å². The highest BCUT2D eigenvalue weighted by molar-refractivity contribution is 5.87. The number of hydrogen-bond acceptors (Lipinski definition) is 3. The van der Waals surface area contributed by atoms with Crippen molar-refractivity contribution in [1.29, 1.82) is 0 Å². The van der Waals surface area contributed by atoms with E-state index in [4.69, 9.17) is 5.11 Å². The Morgan fingerprint density at radius 2 is 2.25 bits per heavy atom. The first kappa shape index (κ1) is 10.7. The number of carboxylic acid groups (broad SMARTS) is 1. The monoisotopic (exact) mass is 223 g/mol. The first-order chi connectivity index (χ1) is 7.52. The van der Waals surface area contributed by atoms with Crippen molar-refractivity contribution in [2.45, 2.75) is 12.5 Å². The minimum atomic E-state index is -0.941. The summed E-state index contributed by atoms with van der Waals surface area (Å²) in [4.78, 5) is 24.1. The fraction of sp³-hybridized carbons (Fsp3) is 0.500. The van der Waals surface area contributed by atoms with Gasteiger partial charge in [0.05, 0.1) is 17.7 Å². The number of aliphatic carboxylic acids is 1. The third-order valence-corrected chi connectivity index (χ3v) is 3.07. The number of aromatic nitrogens is 2. The zero-order chi connectivity index (χ0) is 11.9. The minimum absolute atomic E-state index is 0.0572. The van der Waals surface area contributed by atoms with Crippen molar-refractivity contribution in [3.05, 3.63) is 18.0 Å². The number of hydrogen-bond donors (Lipinski definition) is 1. The second kappa shape index (κ2) is 3.62. The number of rotatable bonds is 2. The Bertz CT molecular complexity index is 440. The average Bonchev–Trinajstić information content (AvgIpc) is 2.73. The molecule has 1 aliphatic rings. The van der Waals surface area contributed by atoms with Gasteiger partial charge in [-0.05, 0) is 6.07 Å². The highest BCUT2D eigenvalue weighted by Crippen LogP contribution is 2.36. The summed E-state index contributed by atoms with van der Waals surface area (Å²) in [5.74, 6) is -1.77. The van der Waals surface area contributed by atoms with Gasteiger partial charge >= 0.3 is 5.97 Å². The number of carboxylic acids is 1. The first-order valence-electron chi connectivity index (χ1n) is 4.98. The van der Waals surface area contributed by atoms with Crippen LogP contribution in [0, 0.1) is 5.92 Å². The van der Waals surface area contributed by atoms with Crippen LogP contribution in [0.4, 0.5) is 0 Å². The van der Waals surface area contributed by atoms with E-state index in [1.807, 2.05) is 0 Å². The number of carbonyl (C=O) groups excluding carboxylic acids is 1. The van der Waals surface area contributed by atoms with E-state index in [1.54, 1.807) is 31.0 Å². The molecule has 0 saturated carbocycles. The summed E-state index contributed by atoms with van der Waals surface area (Å²) in [5.41, 5.74) is 0.751. The molecule has 0 radical (unpaired) electrons. The molecule has 6 nitrogen and oxygen atoms in total. The molecule has 1 aliphatic heterocycles. The molecule has 1 fully saturated rings. The van der Waals surface area contributed by atoms with Crippen LogP contribution in [-0.2, 0) is 16.6 Å². The molecule has 0 spiro atoms. The fourth-order valence-corrected chi connectivity index (χ4v) is 2.17. The molecule has 0 aromatic carbocycles. The van der Waals surface area contributed by atoms with E-state index in [0.29, 0.717) is 0 Å². The van der Waals surface area contributed by atoms with Crippen molar-refractivity contribution >= 4 is 11.9 Å². The normalized spacial score (nSPS) is 25.1. The van der Waals surface area contributed by atoms with Crippen molar-refractivity contribution in [1.82, 2.24) is 14.7 Å². The molecule has 1 aromatic rings. The summed E-state index contributed by atoms with van der Waals surface area (Å²) in [7, 11) is 3.37. The van der Waals surface area contributed by atoms with Crippen molar-refractivity contribution in [3.63, 3.8) is 0 Å². The standard InChI is InChI=1S/C10H13N3O3/c1-12-8(14)5-6(10(15)16)9(12)7-3-4-11-13(7)2/h3-4,6,9H,5H2,1-2H3,(H,15,16)/t6-,9+/m1/s1. The highest BCUT2D eigenvalue weighted by Gasteiger charge is 2.43. The Morgan fingerprint density at radius 1 is 1.56 bits per heavy atom. The molecule has 1 saturated heterocycles. The summed E-state index contributed by atoms with van der Waals surface area (Å²) >= 11 is 0. The zero-order valence-electron chi connectivity index (χ0n) is 9.12. The number of carbonyl (C=O) groups is 2. The van der Waals surface area contributed by atoms with Gasteiger partial charge in [-0.15, -0.1) is 0 Å². The van der Waals surface area contributed by atoms with Crippen molar-refractivity contribution in [3.8, 4) is 0 Å². The molecule has 2 rings (SSSR count). The van der Waals surface area contributed by atoms with Crippen molar-refractivity contribution < 1.29 is 14.7 Å². The summed E-state index contributed by atoms with van der Waals surface area (Å²) in [6.45, 7) is 0. The number of nitrogens with zero attached hydrogens (tertiary/aromatic N) is 3. The van der Waals surface area contributed by atoms with Gasteiger partial charge in [-0.25, -0.2) is 0 Å². The number of amides is 1. The van der Waals surface area contributed by atoms with E-state index in [9.17, 15) is 9.59 Å². The van der Waals surface area contributed by atoms with Crippen LogP contribution in [0.15, 0.2) is 12.3 Å². The van der Waals surface area contributed by atoms with E-state index in [0.717, 1.165) is 5.69 Å². The van der Waals surface area contributed by atoms with E-state index in [-0.39, 0.29) is 12.3 Å². The minimum Gasteiger partial charge on any atom is -0.481 e. The maximum absolute atomic E-state index is 11.5. The Kier molecular flexibility index (Phi) is 2.41. The van der Waals surface area contributed by atoms with E-state index >= 15 is 0 Å². The molecular formula is C10H13N3O3. The predicted molar refractivity (Wildman–Crippen MR) is 54.5 cm³/mol. The lowest BCUT2D eigenvalue weighted by Gasteiger charge is -2.22. The Balaban J connectivity index is 2.40. The van der Waals surface area contributed by atoms with Gasteiger partial charge in [0.15, 0.2) is 0 Å². The SMILES string of the molecule is CN1C(=O)C[C@@H](C(=O)O)[C@H]1c1ccnn1C. The molecule has 0 aliphatic carbocycles. The lowest BCUT2D eigenvalue weighted by molar-refractivity contribution is -0.142. The fourth-order valence-electron chi connectivity index (χ4n) is 2.17.